The second kappa shape index (κ2) is 6.80. The molecule has 0 saturated heterocycles. The maximum absolute atomic E-state index is 12.9. The van der Waals surface area contributed by atoms with Gasteiger partial charge in [-0.05, 0) is 31.4 Å². The Morgan fingerprint density at radius 2 is 2.04 bits per heavy atom. The zero-order valence-corrected chi connectivity index (χ0v) is 14.2. The molecule has 1 saturated carbocycles. The molecule has 1 heterocycles. The highest BCUT2D eigenvalue weighted by atomic mass is 32.2. The molecule has 2 aromatic rings. The number of hydrogen-bond donors (Lipinski definition) is 0. The SMILES string of the molecule is O=C1CCC[C@H]1CCN(c1nccs1)S(=O)(=O)c1ccccc1. The quantitative estimate of drug-likeness (QED) is 0.803. The topological polar surface area (TPSA) is 67.3 Å². The smallest absolute Gasteiger partial charge is 0.266 e. The van der Waals surface area contributed by atoms with Crippen LogP contribution in [-0.4, -0.2) is 25.7 Å². The van der Waals surface area contributed by atoms with Crippen molar-refractivity contribution in [3.05, 3.63) is 41.9 Å². The number of rotatable bonds is 6. The Kier molecular flexibility index (Phi) is 4.77. The van der Waals surface area contributed by atoms with E-state index < -0.39 is 10.0 Å². The molecule has 1 atom stereocenters. The van der Waals surface area contributed by atoms with Gasteiger partial charge in [-0.3, -0.25) is 4.79 Å². The fourth-order valence-electron chi connectivity index (χ4n) is 2.84. The Morgan fingerprint density at radius 1 is 1.26 bits per heavy atom. The number of carbonyl (C=O) groups is 1. The average molecular weight is 350 g/mol. The zero-order valence-electron chi connectivity index (χ0n) is 12.6. The summed E-state index contributed by atoms with van der Waals surface area (Å²) in [7, 11) is -3.66. The van der Waals surface area contributed by atoms with Gasteiger partial charge in [0.05, 0.1) is 4.90 Å². The van der Waals surface area contributed by atoms with Crippen molar-refractivity contribution in [2.45, 2.75) is 30.6 Å². The number of carbonyl (C=O) groups excluding carboxylic acids is 1. The first-order chi connectivity index (χ1) is 11.1. The standard InChI is InChI=1S/C16H18N2O3S2/c19-15-8-4-5-13(15)9-11-18(16-17-10-12-22-16)23(20,21)14-6-2-1-3-7-14/h1-3,6-7,10,12-13H,4-5,8-9,11H2/t13-/m0/s1. The number of thiazole rings is 1. The molecule has 1 aromatic carbocycles. The number of benzene rings is 1. The van der Waals surface area contributed by atoms with E-state index in [1.807, 2.05) is 0 Å². The lowest BCUT2D eigenvalue weighted by atomic mass is 10.0. The first-order valence-electron chi connectivity index (χ1n) is 7.59. The third kappa shape index (κ3) is 3.45. The number of Topliss-reactive ketones (excluding diaryl/α,β-unsaturated/α-hetero) is 1. The summed E-state index contributed by atoms with van der Waals surface area (Å²) >= 11 is 1.29. The van der Waals surface area contributed by atoms with E-state index in [1.165, 1.54) is 15.6 Å². The van der Waals surface area contributed by atoms with E-state index >= 15 is 0 Å². The van der Waals surface area contributed by atoms with Crippen molar-refractivity contribution in [3.63, 3.8) is 0 Å². The van der Waals surface area contributed by atoms with Gasteiger partial charge in [0.25, 0.3) is 10.0 Å². The molecule has 0 bridgehead atoms. The van der Waals surface area contributed by atoms with Crippen LogP contribution in [0.5, 0.6) is 0 Å². The fraction of sp³-hybridized carbons (Fsp3) is 0.375. The van der Waals surface area contributed by atoms with Crippen LogP contribution in [0.4, 0.5) is 5.13 Å². The minimum Gasteiger partial charge on any atom is -0.299 e. The molecule has 0 spiro atoms. The molecule has 1 fully saturated rings. The van der Waals surface area contributed by atoms with Crippen LogP contribution in [0.1, 0.15) is 25.7 Å². The van der Waals surface area contributed by atoms with Gasteiger partial charge in [-0.25, -0.2) is 17.7 Å². The summed E-state index contributed by atoms with van der Waals surface area (Å²) < 4.78 is 27.2. The van der Waals surface area contributed by atoms with Gasteiger partial charge in [-0.1, -0.05) is 18.2 Å². The van der Waals surface area contributed by atoms with Crippen LogP contribution < -0.4 is 4.31 Å². The van der Waals surface area contributed by atoms with Gasteiger partial charge >= 0.3 is 0 Å². The van der Waals surface area contributed by atoms with Crippen molar-refractivity contribution in [2.24, 2.45) is 5.92 Å². The lowest BCUT2D eigenvalue weighted by Gasteiger charge is -2.23. The van der Waals surface area contributed by atoms with Crippen LogP contribution in [0.15, 0.2) is 46.8 Å². The van der Waals surface area contributed by atoms with E-state index in [4.69, 9.17) is 0 Å². The first-order valence-corrected chi connectivity index (χ1v) is 9.91. The first kappa shape index (κ1) is 16.1. The van der Waals surface area contributed by atoms with E-state index in [-0.39, 0.29) is 23.1 Å². The maximum Gasteiger partial charge on any atom is 0.266 e. The summed E-state index contributed by atoms with van der Waals surface area (Å²) in [5.41, 5.74) is 0. The molecular weight excluding hydrogens is 332 g/mol. The maximum atomic E-state index is 12.9. The largest absolute Gasteiger partial charge is 0.299 e. The molecule has 23 heavy (non-hydrogen) atoms. The van der Waals surface area contributed by atoms with Crippen molar-refractivity contribution < 1.29 is 13.2 Å². The zero-order chi connectivity index (χ0) is 16.3. The Labute approximate surface area is 140 Å². The van der Waals surface area contributed by atoms with Crippen LogP contribution in [-0.2, 0) is 14.8 Å². The van der Waals surface area contributed by atoms with Crippen molar-refractivity contribution in [2.75, 3.05) is 10.8 Å². The van der Waals surface area contributed by atoms with E-state index in [0.29, 0.717) is 18.0 Å². The van der Waals surface area contributed by atoms with Crippen molar-refractivity contribution >= 4 is 32.3 Å². The van der Waals surface area contributed by atoms with Crippen LogP contribution in [0.25, 0.3) is 0 Å². The second-order valence-electron chi connectivity index (χ2n) is 5.55. The highest BCUT2D eigenvalue weighted by Crippen LogP contribution is 2.29. The summed E-state index contributed by atoms with van der Waals surface area (Å²) in [6.07, 6.45) is 4.52. The lowest BCUT2D eigenvalue weighted by Crippen LogP contribution is -2.33. The molecule has 5 nitrogen and oxygen atoms in total. The highest BCUT2D eigenvalue weighted by molar-refractivity contribution is 7.93. The van der Waals surface area contributed by atoms with Gasteiger partial charge in [0.15, 0.2) is 5.13 Å². The Morgan fingerprint density at radius 3 is 2.65 bits per heavy atom. The number of anilines is 1. The normalized spacial score (nSPS) is 18.3. The predicted octanol–water partition coefficient (Wildman–Crippen LogP) is 3.10. The number of sulfonamides is 1. The van der Waals surface area contributed by atoms with E-state index in [9.17, 15) is 13.2 Å². The lowest BCUT2D eigenvalue weighted by molar-refractivity contribution is -0.120. The van der Waals surface area contributed by atoms with Crippen molar-refractivity contribution in [1.29, 1.82) is 0 Å². The molecule has 1 aliphatic rings. The molecule has 0 unspecified atom stereocenters. The minimum atomic E-state index is -3.66. The molecule has 0 amide bonds. The van der Waals surface area contributed by atoms with Gasteiger partial charge in [-0.2, -0.15) is 0 Å². The predicted molar refractivity (Wildman–Crippen MR) is 90.1 cm³/mol. The van der Waals surface area contributed by atoms with E-state index in [2.05, 4.69) is 4.98 Å². The number of hydrogen-bond acceptors (Lipinski definition) is 5. The summed E-state index contributed by atoms with van der Waals surface area (Å²) in [6, 6.07) is 8.35. The fourth-order valence-corrected chi connectivity index (χ4v) is 5.20. The molecule has 3 rings (SSSR count). The van der Waals surface area contributed by atoms with Gasteiger partial charge in [0.1, 0.15) is 5.78 Å². The van der Waals surface area contributed by atoms with Crippen LogP contribution in [0.2, 0.25) is 0 Å². The monoisotopic (exact) mass is 350 g/mol. The summed E-state index contributed by atoms with van der Waals surface area (Å²) in [5, 5.41) is 2.20. The Balaban J connectivity index is 1.86. The van der Waals surface area contributed by atoms with Crippen molar-refractivity contribution in [3.8, 4) is 0 Å². The average Bonchev–Trinajstić information content (AvgIpc) is 3.21. The highest BCUT2D eigenvalue weighted by Gasteiger charge is 2.30. The molecule has 1 aromatic heterocycles. The van der Waals surface area contributed by atoms with Gasteiger partial charge in [0, 0.05) is 30.5 Å². The number of nitrogens with zero attached hydrogens (tertiary/aromatic N) is 2. The number of aromatic nitrogens is 1. The molecule has 122 valence electrons. The Hall–Kier alpha value is -1.73. The van der Waals surface area contributed by atoms with Gasteiger partial charge in [0.2, 0.25) is 0 Å². The third-order valence-electron chi connectivity index (χ3n) is 4.08. The van der Waals surface area contributed by atoms with Crippen molar-refractivity contribution in [1.82, 2.24) is 4.98 Å². The second-order valence-corrected chi connectivity index (χ2v) is 8.28. The molecule has 7 heteroatoms. The van der Waals surface area contributed by atoms with E-state index in [1.54, 1.807) is 41.9 Å². The van der Waals surface area contributed by atoms with Gasteiger partial charge in [-0.15, -0.1) is 11.3 Å². The van der Waals surface area contributed by atoms with Crippen LogP contribution in [0, 0.1) is 5.92 Å². The molecular formula is C16H18N2O3S2. The van der Waals surface area contributed by atoms with Gasteiger partial charge < -0.3 is 0 Å². The molecule has 0 aliphatic heterocycles. The molecule has 0 radical (unpaired) electrons. The van der Waals surface area contributed by atoms with Crippen LogP contribution >= 0.6 is 11.3 Å². The summed E-state index contributed by atoms with van der Waals surface area (Å²) in [6.45, 7) is 0.279. The summed E-state index contributed by atoms with van der Waals surface area (Å²) in [4.78, 5) is 16.2. The third-order valence-corrected chi connectivity index (χ3v) is 6.79. The Bertz CT molecular complexity index is 758. The van der Waals surface area contributed by atoms with E-state index in [0.717, 1.165) is 12.8 Å². The van der Waals surface area contributed by atoms with Crippen LogP contribution in [0.3, 0.4) is 0 Å². The number of ketones is 1. The molecule has 0 N–H and O–H groups in total. The minimum absolute atomic E-state index is 0.0246. The molecule has 1 aliphatic carbocycles. The summed E-state index contributed by atoms with van der Waals surface area (Å²) in [5.74, 6) is 0.227.